The molecule has 0 aliphatic heterocycles. The van der Waals surface area contributed by atoms with Gasteiger partial charge in [-0.25, -0.2) is 4.79 Å². The molecule has 0 heterocycles. The lowest BCUT2D eigenvalue weighted by Gasteiger charge is -2.19. The number of benzene rings is 1. The van der Waals surface area contributed by atoms with Crippen molar-refractivity contribution in [2.75, 3.05) is 13.2 Å². The van der Waals surface area contributed by atoms with Crippen molar-refractivity contribution in [1.29, 1.82) is 0 Å². The molecule has 3 unspecified atom stereocenters. The summed E-state index contributed by atoms with van der Waals surface area (Å²) in [6.07, 6.45) is -0.630. The van der Waals surface area contributed by atoms with Crippen molar-refractivity contribution in [3.8, 4) is 0 Å². The highest BCUT2D eigenvalue weighted by Gasteiger charge is 2.22. The van der Waals surface area contributed by atoms with E-state index in [-0.39, 0.29) is 11.8 Å². The summed E-state index contributed by atoms with van der Waals surface area (Å²) in [6, 6.07) is 9.95. The Morgan fingerprint density at radius 2 is 1.64 bits per heavy atom. The number of amides is 1. The van der Waals surface area contributed by atoms with E-state index in [9.17, 15) is 9.59 Å². The Labute approximate surface area is 151 Å². The molecular weight excluding hydrogens is 318 g/mol. The first-order chi connectivity index (χ1) is 11.8. The first-order valence-corrected chi connectivity index (χ1v) is 8.96. The number of carbonyl (C=O) groups is 2. The van der Waals surface area contributed by atoms with Gasteiger partial charge in [-0.3, -0.25) is 4.79 Å². The van der Waals surface area contributed by atoms with Gasteiger partial charge in [0, 0.05) is 13.2 Å². The summed E-state index contributed by atoms with van der Waals surface area (Å²) >= 11 is 0. The number of carbonyl (C=O) groups excluding carboxylic acids is 2. The van der Waals surface area contributed by atoms with Gasteiger partial charge in [0.25, 0.3) is 5.91 Å². The summed E-state index contributed by atoms with van der Waals surface area (Å²) in [6.45, 7) is 10.4. The number of ether oxygens (including phenoxy) is 2. The minimum atomic E-state index is -0.841. The second kappa shape index (κ2) is 10.9. The van der Waals surface area contributed by atoms with Crippen LogP contribution in [0.3, 0.4) is 0 Å². The summed E-state index contributed by atoms with van der Waals surface area (Å²) in [4.78, 5) is 24.1. The molecule has 5 nitrogen and oxygen atoms in total. The van der Waals surface area contributed by atoms with Crippen LogP contribution >= 0.6 is 0 Å². The molecule has 0 aliphatic carbocycles. The van der Waals surface area contributed by atoms with Crippen LogP contribution in [0.25, 0.3) is 0 Å². The Morgan fingerprint density at radius 1 is 1.00 bits per heavy atom. The third-order valence-electron chi connectivity index (χ3n) is 4.01. The second-order valence-electron chi connectivity index (χ2n) is 6.83. The van der Waals surface area contributed by atoms with Crippen molar-refractivity contribution >= 4 is 11.9 Å². The highest BCUT2D eigenvalue weighted by Crippen LogP contribution is 2.13. The highest BCUT2D eigenvalue weighted by atomic mass is 16.6. The SMILES string of the molecule is CC(C)CCOC(C)C(=O)OC(C)C(=O)NCC(C)c1ccccc1. The van der Waals surface area contributed by atoms with Gasteiger partial charge in [0.2, 0.25) is 0 Å². The molecule has 1 N–H and O–H groups in total. The van der Waals surface area contributed by atoms with Crippen molar-refractivity contribution in [2.45, 2.75) is 59.2 Å². The standard InChI is InChI=1S/C20H31NO4/c1-14(2)11-12-24-17(5)20(23)25-16(4)19(22)21-13-15(3)18-9-7-6-8-10-18/h6-10,14-17H,11-13H2,1-5H3,(H,21,22). The monoisotopic (exact) mass is 349 g/mol. The molecular formula is C20H31NO4. The van der Waals surface area contributed by atoms with Gasteiger partial charge in [-0.1, -0.05) is 51.1 Å². The normalized spacial score (nSPS) is 14.6. The molecule has 0 aliphatic rings. The zero-order valence-corrected chi connectivity index (χ0v) is 16.0. The molecule has 0 bridgehead atoms. The molecule has 0 aromatic heterocycles. The van der Waals surface area contributed by atoms with E-state index >= 15 is 0 Å². The predicted molar refractivity (Wildman–Crippen MR) is 98.3 cm³/mol. The Hall–Kier alpha value is -1.88. The molecule has 0 saturated carbocycles. The van der Waals surface area contributed by atoms with Crippen LogP contribution in [-0.4, -0.2) is 37.2 Å². The molecule has 1 aromatic carbocycles. The van der Waals surface area contributed by atoms with Crippen LogP contribution in [0.4, 0.5) is 0 Å². The number of hydrogen-bond donors (Lipinski definition) is 1. The molecule has 140 valence electrons. The van der Waals surface area contributed by atoms with E-state index in [1.54, 1.807) is 13.8 Å². The van der Waals surface area contributed by atoms with Gasteiger partial charge in [0.15, 0.2) is 12.2 Å². The third-order valence-corrected chi connectivity index (χ3v) is 4.01. The lowest BCUT2D eigenvalue weighted by atomic mass is 10.0. The van der Waals surface area contributed by atoms with Crippen LogP contribution in [0.2, 0.25) is 0 Å². The Balaban J connectivity index is 2.34. The number of rotatable bonds is 10. The molecule has 3 atom stereocenters. The van der Waals surface area contributed by atoms with Crippen molar-refractivity contribution < 1.29 is 19.1 Å². The molecule has 1 amide bonds. The smallest absolute Gasteiger partial charge is 0.335 e. The molecule has 0 fully saturated rings. The molecule has 5 heteroatoms. The maximum atomic E-state index is 12.1. The van der Waals surface area contributed by atoms with Gasteiger partial charge in [0.05, 0.1) is 0 Å². The van der Waals surface area contributed by atoms with Crippen LogP contribution in [0.5, 0.6) is 0 Å². The largest absolute Gasteiger partial charge is 0.451 e. The maximum Gasteiger partial charge on any atom is 0.335 e. The quantitative estimate of drug-likeness (QED) is 0.658. The highest BCUT2D eigenvalue weighted by molar-refractivity contribution is 5.84. The predicted octanol–water partition coefficient (Wildman–Crippen LogP) is 3.29. The van der Waals surface area contributed by atoms with E-state index in [1.165, 1.54) is 0 Å². The fourth-order valence-corrected chi connectivity index (χ4v) is 2.17. The van der Waals surface area contributed by atoms with E-state index in [2.05, 4.69) is 19.2 Å². The van der Waals surface area contributed by atoms with E-state index in [1.807, 2.05) is 37.3 Å². The van der Waals surface area contributed by atoms with Gasteiger partial charge < -0.3 is 14.8 Å². The Kier molecular flexibility index (Phi) is 9.21. The second-order valence-corrected chi connectivity index (χ2v) is 6.83. The van der Waals surface area contributed by atoms with Gasteiger partial charge in [-0.15, -0.1) is 0 Å². The van der Waals surface area contributed by atoms with E-state index in [4.69, 9.17) is 9.47 Å². The van der Waals surface area contributed by atoms with Gasteiger partial charge in [0.1, 0.15) is 0 Å². The van der Waals surface area contributed by atoms with Crippen LogP contribution in [0, 0.1) is 5.92 Å². The van der Waals surface area contributed by atoms with Crippen molar-refractivity contribution in [3.63, 3.8) is 0 Å². The van der Waals surface area contributed by atoms with Gasteiger partial charge in [-0.2, -0.15) is 0 Å². The van der Waals surface area contributed by atoms with E-state index < -0.39 is 18.2 Å². The Bertz CT molecular complexity index is 530. The zero-order chi connectivity index (χ0) is 18.8. The van der Waals surface area contributed by atoms with Crippen LogP contribution in [0.1, 0.15) is 52.5 Å². The minimum Gasteiger partial charge on any atom is -0.451 e. The average Bonchev–Trinajstić information content (AvgIpc) is 2.59. The first-order valence-electron chi connectivity index (χ1n) is 8.96. The van der Waals surface area contributed by atoms with Gasteiger partial charge in [-0.05, 0) is 37.7 Å². The zero-order valence-electron chi connectivity index (χ0n) is 16.0. The summed E-state index contributed by atoms with van der Waals surface area (Å²) in [7, 11) is 0. The van der Waals surface area contributed by atoms with Crippen molar-refractivity contribution in [2.24, 2.45) is 5.92 Å². The van der Waals surface area contributed by atoms with Crippen molar-refractivity contribution in [3.05, 3.63) is 35.9 Å². The number of esters is 1. The fraction of sp³-hybridized carbons (Fsp3) is 0.600. The minimum absolute atomic E-state index is 0.186. The van der Waals surface area contributed by atoms with Crippen LogP contribution in [0.15, 0.2) is 30.3 Å². The Morgan fingerprint density at radius 3 is 2.24 bits per heavy atom. The fourth-order valence-electron chi connectivity index (χ4n) is 2.17. The molecule has 25 heavy (non-hydrogen) atoms. The lowest BCUT2D eigenvalue weighted by Crippen LogP contribution is -2.39. The number of nitrogens with one attached hydrogen (secondary N) is 1. The van der Waals surface area contributed by atoms with Crippen molar-refractivity contribution in [1.82, 2.24) is 5.32 Å². The summed E-state index contributed by atoms with van der Waals surface area (Å²) in [5.74, 6) is -0.112. The third kappa shape index (κ3) is 8.16. The average molecular weight is 349 g/mol. The topological polar surface area (TPSA) is 64.6 Å². The lowest BCUT2D eigenvalue weighted by molar-refractivity contribution is -0.165. The maximum absolute atomic E-state index is 12.1. The van der Waals surface area contributed by atoms with Crippen LogP contribution < -0.4 is 5.32 Å². The number of hydrogen-bond acceptors (Lipinski definition) is 4. The molecule has 1 aromatic rings. The van der Waals surface area contributed by atoms with Gasteiger partial charge >= 0.3 is 5.97 Å². The molecule has 0 saturated heterocycles. The summed E-state index contributed by atoms with van der Waals surface area (Å²) < 4.78 is 10.6. The van der Waals surface area contributed by atoms with E-state index in [0.29, 0.717) is 19.1 Å². The van der Waals surface area contributed by atoms with Crippen LogP contribution in [-0.2, 0) is 19.1 Å². The summed E-state index contributed by atoms with van der Waals surface area (Å²) in [5, 5.41) is 2.83. The molecule has 0 spiro atoms. The summed E-state index contributed by atoms with van der Waals surface area (Å²) in [5.41, 5.74) is 1.15. The van der Waals surface area contributed by atoms with E-state index in [0.717, 1.165) is 12.0 Å². The molecule has 0 radical (unpaired) electrons. The first kappa shape index (κ1) is 21.2. The molecule has 1 rings (SSSR count).